The van der Waals surface area contributed by atoms with E-state index in [2.05, 4.69) is 12.1 Å². The van der Waals surface area contributed by atoms with Crippen LogP contribution in [0.3, 0.4) is 0 Å². The lowest BCUT2D eigenvalue weighted by Gasteiger charge is -2.22. The number of rotatable bonds is 10. The summed E-state index contributed by atoms with van der Waals surface area (Å²) in [7, 11) is -4.54. The third-order valence-corrected chi connectivity index (χ3v) is 7.92. The van der Waals surface area contributed by atoms with E-state index in [-0.39, 0.29) is 23.0 Å². The number of aliphatic hydroxyl groups excluding tert-OH is 1. The van der Waals surface area contributed by atoms with Gasteiger partial charge in [0.15, 0.2) is 0 Å². The minimum Gasteiger partial charge on any atom is -0.396 e. The van der Waals surface area contributed by atoms with Crippen LogP contribution in [0.1, 0.15) is 42.4 Å². The van der Waals surface area contributed by atoms with Crippen molar-refractivity contribution < 1.29 is 24.4 Å². The lowest BCUT2D eigenvalue weighted by Crippen LogP contribution is -2.17. The van der Waals surface area contributed by atoms with Crippen LogP contribution in [-0.4, -0.2) is 31.8 Å². The van der Waals surface area contributed by atoms with Gasteiger partial charge in [0.2, 0.25) is 0 Å². The molecule has 1 unspecified atom stereocenters. The number of aryl methyl sites for hydroxylation is 2. The number of hydrogen-bond donors (Lipinski definition) is 3. The molecule has 174 valence electrons. The van der Waals surface area contributed by atoms with Crippen molar-refractivity contribution in [2.24, 2.45) is 11.8 Å². The highest BCUT2D eigenvalue weighted by Gasteiger charge is 2.34. The average molecular weight is 482 g/mol. The van der Waals surface area contributed by atoms with Gasteiger partial charge in [0, 0.05) is 23.6 Å². The normalized spacial score (nSPS) is 21.1. The molecular formula is C23H29ClNO6P. The molecule has 3 atom stereocenters. The number of aliphatic hydroxyl groups is 1. The maximum Gasteiger partial charge on any atom is 0.356 e. The van der Waals surface area contributed by atoms with E-state index in [1.807, 2.05) is 12.1 Å². The van der Waals surface area contributed by atoms with E-state index in [4.69, 9.17) is 16.7 Å². The quantitative estimate of drug-likeness (QED) is 0.203. The summed E-state index contributed by atoms with van der Waals surface area (Å²) >= 11 is 6.63. The van der Waals surface area contributed by atoms with Gasteiger partial charge in [-0.25, -0.2) is 0 Å². The van der Waals surface area contributed by atoms with Crippen LogP contribution in [0.2, 0.25) is 0 Å². The molecular weight excluding hydrogens is 453 g/mol. The second-order valence-corrected chi connectivity index (χ2v) is 10.7. The fourth-order valence-electron chi connectivity index (χ4n) is 4.73. The Bertz CT molecular complexity index is 994. The number of nitro groups is 1. The smallest absolute Gasteiger partial charge is 0.356 e. The third-order valence-electron chi connectivity index (χ3n) is 6.43. The second kappa shape index (κ2) is 10.9. The van der Waals surface area contributed by atoms with E-state index in [1.54, 1.807) is 0 Å². The molecule has 0 radical (unpaired) electrons. The molecule has 0 bridgehead atoms. The number of alkyl halides is 1. The highest BCUT2D eigenvalue weighted by Crippen LogP contribution is 2.42. The van der Waals surface area contributed by atoms with E-state index < -0.39 is 12.5 Å². The van der Waals surface area contributed by atoms with Gasteiger partial charge in [0.25, 0.3) is 5.69 Å². The summed E-state index contributed by atoms with van der Waals surface area (Å²) < 4.78 is 11.5. The Kier molecular flexibility index (Phi) is 8.48. The molecule has 0 amide bonds. The summed E-state index contributed by atoms with van der Waals surface area (Å²) in [5, 5.41) is 20.3. The Balaban J connectivity index is 1.66. The van der Waals surface area contributed by atoms with E-state index in [9.17, 15) is 24.5 Å². The van der Waals surface area contributed by atoms with Crippen LogP contribution in [0.4, 0.5) is 5.69 Å². The zero-order chi connectivity index (χ0) is 23.3. The zero-order valence-electron chi connectivity index (χ0n) is 17.8. The number of benzene rings is 2. The van der Waals surface area contributed by atoms with Crippen molar-refractivity contribution in [3.05, 3.63) is 69.3 Å². The van der Waals surface area contributed by atoms with Crippen molar-refractivity contribution in [2.75, 3.05) is 6.61 Å². The van der Waals surface area contributed by atoms with Gasteiger partial charge in [-0.3, -0.25) is 14.7 Å². The van der Waals surface area contributed by atoms with E-state index in [0.717, 1.165) is 43.7 Å². The van der Waals surface area contributed by atoms with Crippen LogP contribution in [-0.2, 0) is 23.8 Å². The van der Waals surface area contributed by atoms with E-state index in [0.29, 0.717) is 30.2 Å². The number of hydrogen-bond acceptors (Lipinski definition) is 4. The summed E-state index contributed by atoms with van der Waals surface area (Å²) in [5.74, 6) is 0.658. The Morgan fingerprint density at radius 2 is 1.75 bits per heavy atom. The first kappa shape index (κ1) is 24.9. The minimum atomic E-state index is -4.54. The van der Waals surface area contributed by atoms with Crippen molar-refractivity contribution in [1.82, 2.24) is 0 Å². The molecule has 1 fully saturated rings. The highest BCUT2D eigenvalue weighted by atomic mass is 35.5. The molecule has 0 aromatic heterocycles. The van der Waals surface area contributed by atoms with Crippen molar-refractivity contribution in [2.45, 2.75) is 50.3 Å². The highest BCUT2D eigenvalue weighted by molar-refractivity contribution is 7.60. The maximum absolute atomic E-state index is 11.5. The van der Waals surface area contributed by atoms with E-state index >= 15 is 0 Å². The van der Waals surface area contributed by atoms with Gasteiger partial charge in [-0.15, -0.1) is 11.6 Å². The van der Waals surface area contributed by atoms with Crippen LogP contribution in [0.15, 0.2) is 42.5 Å². The zero-order valence-corrected chi connectivity index (χ0v) is 19.4. The molecule has 2 aromatic rings. The van der Waals surface area contributed by atoms with Crippen molar-refractivity contribution in [3.8, 4) is 0 Å². The lowest BCUT2D eigenvalue weighted by atomic mass is 9.85. The molecule has 0 spiro atoms. The van der Waals surface area contributed by atoms with Crippen LogP contribution in [0, 0.1) is 22.0 Å². The van der Waals surface area contributed by atoms with Gasteiger partial charge in [-0.1, -0.05) is 30.3 Å². The lowest BCUT2D eigenvalue weighted by molar-refractivity contribution is -0.385. The molecule has 0 aliphatic heterocycles. The van der Waals surface area contributed by atoms with Gasteiger partial charge in [0.05, 0.1) is 10.2 Å². The van der Waals surface area contributed by atoms with Crippen molar-refractivity contribution in [1.29, 1.82) is 0 Å². The van der Waals surface area contributed by atoms with Gasteiger partial charge in [-0.05, 0) is 74.0 Å². The van der Waals surface area contributed by atoms with Gasteiger partial charge >= 0.3 is 7.60 Å². The fraction of sp³-hybridized carbons (Fsp3) is 0.478. The first-order valence-electron chi connectivity index (χ1n) is 10.8. The summed E-state index contributed by atoms with van der Waals surface area (Å²) in [4.78, 5) is 29.5. The van der Waals surface area contributed by atoms with Crippen LogP contribution in [0.25, 0.3) is 0 Å². The fourth-order valence-corrected chi connectivity index (χ4v) is 5.75. The monoisotopic (exact) mass is 481 g/mol. The molecule has 3 N–H and O–H groups in total. The topological polar surface area (TPSA) is 121 Å². The standard InChI is InChI=1S/C23H29ClNO6P/c24-22-11-8-18(21(22)10-4-16-2-1-3-17(14-16)12-13-26)5-6-19-7-9-20(32(29,30)31)15-23(19)25(27)28/h1-3,7,9,14-15,18,21-22,26H,4-6,8,10-13H2,(H2,29,30,31)/t18-,21+,22?/m0/s1. The average Bonchev–Trinajstić information content (AvgIpc) is 3.09. The third kappa shape index (κ3) is 6.40. The minimum absolute atomic E-state index is 0.0765. The first-order valence-corrected chi connectivity index (χ1v) is 12.9. The molecule has 7 nitrogen and oxygen atoms in total. The molecule has 1 saturated carbocycles. The summed E-state index contributed by atoms with van der Waals surface area (Å²) in [6, 6.07) is 11.9. The van der Waals surface area contributed by atoms with E-state index in [1.165, 1.54) is 17.7 Å². The predicted octanol–water partition coefficient (Wildman–Crippen LogP) is 4.13. The second-order valence-electron chi connectivity index (χ2n) is 8.50. The molecule has 0 heterocycles. The molecule has 2 aromatic carbocycles. The SMILES string of the molecule is O=[N+]([O-])c1cc(P(=O)(O)O)ccc1CC[C@H]1CCC(Cl)[C@@H]1CCc1cccc(CCO)c1. The van der Waals surface area contributed by atoms with Crippen LogP contribution < -0.4 is 5.30 Å². The Morgan fingerprint density at radius 1 is 1.03 bits per heavy atom. The summed E-state index contributed by atoms with van der Waals surface area (Å²) in [6.45, 7) is 0.124. The molecule has 1 aliphatic carbocycles. The van der Waals surface area contributed by atoms with Gasteiger partial charge in [0.1, 0.15) is 0 Å². The number of halogens is 1. The van der Waals surface area contributed by atoms with Crippen molar-refractivity contribution >= 4 is 30.2 Å². The molecule has 1 aliphatic rings. The first-order chi connectivity index (χ1) is 15.2. The molecule has 3 rings (SSSR count). The summed E-state index contributed by atoms with van der Waals surface area (Å²) in [6.07, 6.45) is 5.56. The summed E-state index contributed by atoms with van der Waals surface area (Å²) in [5.41, 5.74) is 2.57. The van der Waals surface area contributed by atoms with Gasteiger partial charge < -0.3 is 14.9 Å². The van der Waals surface area contributed by atoms with Crippen molar-refractivity contribution in [3.63, 3.8) is 0 Å². The Hall–Kier alpha value is -1.76. The Morgan fingerprint density at radius 3 is 2.41 bits per heavy atom. The number of nitrogens with zero attached hydrogens (tertiary/aromatic N) is 1. The van der Waals surface area contributed by atoms with Crippen LogP contribution >= 0.6 is 19.2 Å². The number of nitro benzene ring substituents is 1. The molecule has 9 heteroatoms. The van der Waals surface area contributed by atoms with Crippen LogP contribution in [0.5, 0.6) is 0 Å². The molecule has 32 heavy (non-hydrogen) atoms. The molecule has 0 saturated heterocycles. The maximum atomic E-state index is 11.5. The predicted molar refractivity (Wildman–Crippen MR) is 125 cm³/mol. The largest absolute Gasteiger partial charge is 0.396 e. The van der Waals surface area contributed by atoms with Gasteiger partial charge in [-0.2, -0.15) is 0 Å². The Labute approximate surface area is 192 Å².